The fourth-order valence-corrected chi connectivity index (χ4v) is 3.27. The van der Waals surface area contributed by atoms with Crippen molar-refractivity contribution in [3.63, 3.8) is 0 Å². The van der Waals surface area contributed by atoms with Gasteiger partial charge in [-0.2, -0.15) is 8.78 Å². The first-order valence-electron chi connectivity index (χ1n) is 6.01. The molecular weight excluding hydrogens is 334 g/mol. The smallest absolute Gasteiger partial charge is 0.288 e. The van der Waals surface area contributed by atoms with E-state index in [1.165, 1.54) is 0 Å². The van der Waals surface area contributed by atoms with Crippen LogP contribution in [0.1, 0.15) is 0 Å². The molecule has 0 aliphatic carbocycles. The normalized spacial score (nSPS) is 11.4. The SMILES string of the molecule is FC(F)Sc1ccccc1-n1c(=S)[nH]c2cc(Cl)ccc21. The molecule has 0 aliphatic rings. The highest BCUT2D eigenvalue weighted by Gasteiger charge is 2.14. The lowest BCUT2D eigenvalue weighted by Gasteiger charge is -2.10. The van der Waals surface area contributed by atoms with E-state index in [0.717, 1.165) is 11.0 Å². The van der Waals surface area contributed by atoms with Crippen molar-refractivity contribution in [2.45, 2.75) is 10.7 Å². The molecule has 3 rings (SSSR count). The largest absolute Gasteiger partial charge is 0.330 e. The topological polar surface area (TPSA) is 20.7 Å². The molecule has 7 heteroatoms. The molecule has 0 saturated heterocycles. The molecule has 1 aromatic heterocycles. The molecule has 1 N–H and O–H groups in total. The van der Waals surface area contributed by atoms with Gasteiger partial charge in [0.2, 0.25) is 0 Å². The third-order valence-electron chi connectivity index (χ3n) is 2.97. The number of nitrogens with zero attached hydrogens (tertiary/aromatic N) is 1. The van der Waals surface area contributed by atoms with Crippen molar-refractivity contribution >= 4 is 46.6 Å². The molecule has 0 unspecified atom stereocenters. The third kappa shape index (κ3) is 2.84. The molecule has 1 heterocycles. The molecule has 0 fully saturated rings. The maximum Gasteiger partial charge on any atom is 0.288 e. The number of aromatic nitrogens is 2. The second-order valence-electron chi connectivity index (χ2n) is 4.27. The summed E-state index contributed by atoms with van der Waals surface area (Å²) in [6, 6.07) is 12.3. The number of imidazole rings is 1. The van der Waals surface area contributed by atoms with Crippen LogP contribution in [0.2, 0.25) is 5.02 Å². The van der Waals surface area contributed by atoms with Gasteiger partial charge in [0.05, 0.1) is 16.7 Å². The number of rotatable bonds is 3. The number of aromatic amines is 1. The summed E-state index contributed by atoms with van der Waals surface area (Å²) in [7, 11) is 0. The monoisotopic (exact) mass is 342 g/mol. The summed E-state index contributed by atoms with van der Waals surface area (Å²) in [5.74, 6) is -2.49. The van der Waals surface area contributed by atoms with Crippen molar-refractivity contribution in [1.82, 2.24) is 9.55 Å². The van der Waals surface area contributed by atoms with Crippen molar-refractivity contribution in [2.24, 2.45) is 0 Å². The molecule has 0 spiro atoms. The second kappa shape index (κ2) is 5.79. The molecule has 0 bridgehead atoms. The number of hydrogen-bond donors (Lipinski definition) is 1. The van der Waals surface area contributed by atoms with E-state index in [-0.39, 0.29) is 0 Å². The predicted molar refractivity (Wildman–Crippen MR) is 85.3 cm³/mol. The van der Waals surface area contributed by atoms with E-state index in [1.807, 2.05) is 6.07 Å². The van der Waals surface area contributed by atoms with E-state index in [1.54, 1.807) is 41.0 Å². The van der Waals surface area contributed by atoms with Crippen LogP contribution in [-0.4, -0.2) is 15.3 Å². The maximum atomic E-state index is 12.7. The lowest BCUT2D eigenvalue weighted by Crippen LogP contribution is -1.97. The zero-order chi connectivity index (χ0) is 15.0. The van der Waals surface area contributed by atoms with Crippen molar-refractivity contribution in [3.8, 4) is 5.69 Å². The van der Waals surface area contributed by atoms with E-state index in [4.69, 9.17) is 23.8 Å². The first kappa shape index (κ1) is 14.6. The van der Waals surface area contributed by atoms with E-state index in [2.05, 4.69) is 4.98 Å². The highest BCUT2D eigenvalue weighted by molar-refractivity contribution is 7.99. The molecule has 0 amide bonds. The van der Waals surface area contributed by atoms with Crippen molar-refractivity contribution < 1.29 is 8.78 Å². The van der Waals surface area contributed by atoms with Gasteiger partial charge in [0.25, 0.3) is 5.76 Å². The number of halogens is 3. The van der Waals surface area contributed by atoms with Gasteiger partial charge in [-0.05, 0) is 42.5 Å². The molecule has 0 saturated carbocycles. The molecule has 0 atom stereocenters. The fraction of sp³-hybridized carbons (Fsp3) is 0.0714. The molecule has 3 aromatic rings. The number of fused-ring (bicyclic) bond motifs is 1. The van der Waals surface area contributed by atoms with E-state index in [9.17, 15) is 8.78 Å². The molecule has 0 radical (unpaired) electrons. The van der Waals surface area contributed by atoms with Gasteiger partial charge in [-0.25, -0.2) is 0 Å². The minimum atomic E-state index is -2.49. The van der Waals surface area contributed by atoms with Crippen LogP contribution in [0.15, 0.2) is 47.4 Å². The van der Waals surface area contributed by atoms with Gasteiger partial charge in [0.15, 0.2) is 4.77 Å². The van der Waals surface area contributed by atoms with Crippen LogP contribution in [0.5, 0.6) is 0 Å². The minimum Gasteiger partial charge on any atom is -0.330 e. The Morgan fingerprint density at radius 2 is 1.95 bits per heavy atom. The fourth-order valence-electron chi connectivity index (χ4n) is 2.16. The van der Waals surface area contributed by atoms with Crippen LogP contribution >= 0.6 is 35.6 Å². The lowest BCUT2D eigenvalue weighted by atomic mass is 10.3. The first-order valence-corrected chi connectivity index (χ1v) is 7.67. The molecule has 2 nitrogen and oxygen atoms in total. The van der Waals surface area contributed by atoms with Gasteiger partial charge in [0, 0.05) is 9.92 Å². The Kier molecular flexibility index (Phi) is 4.01. The summed E-state index contributed by atoms with van der Waals surface area (Å²) >= 11 is 11.8. The summed E-state index contributed by atoms with van der Waals surface area (Å²) in [5.41, 5.74) is 2.19. The zero-order valence-corrected chi connectivity index (χ0v) is 12.9. The van der Waals surface area contributed by atoms with Gasteiger partial charge in [-0.1, -0.05) is 35.5 Å². The Bertz CT molecular complexity index is 858. The standard InChI is InChI=1S/C14H9ClF2N2S2/c15-8-5-6-10-9(7-8)18-14(20)19(10)11-3-1-2-4-12(11)21-13(16)17/h1-7,13H,(H,18,20). The molecule has 21 heavy (non-hydrogen) atoms. The van der Waals surface area contributed by atoms with Gasteiger partial charge >= 0.3 is 0 Å². The highest BCUT2D eigenvalue weighted by Crippen LogP contribution is 2.33. The zero-order valence-electron chi connectivity index (χ0n) is 10.5. The Morgan fingerprint density at radius 3 is 2.71 bits per heavy atom. The summed E-state index contributed by atoms with van der Waals surface area (Å²) in [4.78, 5) is 3.52. The number of benzene rings is 2. The Labute approximate surface area is 133 Å². The number of H-pyrrole nitrogens is 1. The van der Waals surface area contributed by atoms with Gasteiger partial charge in [-0.3, -0.25) is 4.57 Å². The van der Waals surface area contributed by atoms with Crippen LogP contribution in [0.3, 0.4) is 0 Å². The molecule has 2 aromatic carbocycles. The van der Waals surface area contributed by atoms with Gasteiger partial charge in [-0.15, -0.1) is 0 Å². The van der Waals surface area contributed by atoms with E-state index < -0.39 is 5.76 Å². The highest BCUT2D eigenvalue weighted by atomic mass is 35.5. The van der Waals surface area contributed by atoms with Crippen molar-refractivity contribution in [1.29, 1.82) is 0 Å². The summed E-state index contributed by atoms with van der Waals surface area (Å²) in [6.07, 6.45) is 0. The van der Waals surface area contributed by atoms with Crippen LogP contribution in [0.4, 0.5) is 8.78 Å². The Balaban J connectivity index is 2.26. The van der Waals surface area contributed by atoms with E-state index >= 15 is 0 Å². The number of nitrogens with one attached hydrogen (secondary N) is 1. The maximum absolute atomic E-state index is 12.7. The van der Waals surface area contributed by atoms with Crippen molar-refractivity contribution in [2.75, 3.05) is 0 Å². The number of para-hydroxylation sites is 1. The van der Waals surface area contributed by atoms with Crippen LogP contribution in [0.25, 0.3) is 16.7 Å². The number of hydrogen-bond acceptors (Lipinski definition) is 2. The summed E-state index contributed by atoms with van der Waals surface area (Å²) in [6.45, 7) is 0. The molecule has 108 valence electrons. The molecule has 0 aliphatic heterocycles. The number of alkyl halides is 2. The average molecular weight is 343 g/mol. The molecular formula is C14H9ClF2N2S2. The average Bonchev–Trinajstić information content (AvgIpc) is 2.74. The third-order valence-corrected chi connectivity index (χ3v) is 4.26. The van der Waals surface area contributed by atoms with Gasteiger partial charge in [0.1, 0.15) is 0 Å². The lowest BCUT2D eigenvalue weighted by molar-refractivity contribution is 0.252. The van der Waals surface area contributed by atoms with Crippen molar-refractivity contribution in [3.05, 3.63) is 52.3 Å². The van der Waals surface area contributed by atoms with Crippen LogP contribution < -0.4 is 0 Å². The minimum absolute atomic E-state index is 0.439. The Morgan fingerprint density at radius 1 is 1.19 bits per heavy atom. The predicted octanol–water partition coefficient (Wildman–Crippen LogP) is 5.66. The van der Waals surface area contributed by atoms with Crippen LogP contribution in [0, 0.1) is 4.77 Å². The first-order chi connectivity index (χ1) is 10.1. The Hall–Kier alpha value is -1.37. The van der Waals surface area contributed by atoms with Crippen LogP contribution in [-0.2, 0) is 0 Å². The summed E-state index contributed by atoms with van der Waals surface area (Å²) < 4.78 is 27.6. The van der Waals surface area contributed by atoms with E-state index in [0.29, 0.717) is 32.1 Å². The van der Waals surface area contributed by atoms with Gasteiger partial charge < -0.3 is 4.98 Å². The number of thioether (sulfide) groups is 1. The summed E-state index contributed by atoms with van der Waals surface area (Å²) in [5, 5.41) is 0.584. The second-order valence-corrected chi connectivity index (χ2v) is 6.13. The quantitative estimate of drug-likeness (QED) is 0.490.